The predicted molar refractivity (Wildman–Crippen MR) is 81.7 cm³/mol. The second kappa shape index (κ2) is 5.76. The molecule has 4 nitrogen and oxygen atoms in total. The van der Waals surface area contributed by atoms with Gasteiger partial charge in [-0.1, -0.05) is 12.1 Å². The van der Waals surface area contributed by atoms with E-state index in [0.29, 0.717) is 12.6 Å². The maximum Gasteiger partial charge on any atom is 0.238 e. The molecule has 0 spiro atoms. The average molecular weight is 291 g/mol. The molecule has 0 saturated carbocycles. The standard InChI is InChI=1S/C15H21N3OS/c1-17-8-7-12(10-17)18-14(19)9-16-15(18)11-3-5-13(20-2)6-4-11/h3-6,12,15-16H,7-10H2,1-2H3. The number of carbonyl (C=O) groups excluding carboxylic acids is 1. The van der Waals surface area contributed by atoms with Crippen molar-refractivity contribution < 1.29 is 4.79 Å². The first-order valence-electron chi connectivity index (χ1n) is 7.06. The summed E-state index contributed by atoms with van der Waals surface area (Å²) >= 11 is 1.74. The molecule has 5 heteroatoms. The molecule has 0 aliphatic carbocycles. The molecule has 1 amide bonds. The Labute approximate surface area is 124 Å². The number of hydrogen-bond donors (Lipinski definition) is 1. The fraction of sp³-hybridized carbons (Fsp3) is 0.533. The molecule has 2 saturated heterocycles. The topological polar surface area (TPSA) is 35.6 Å². The molecule has 2 aliphatic rings. The Bertz CT molecular complexity index is 490. The van der Waals surface area contributed by atoms with Crippen molar-refractivity contribution in [2.45, 2.75) is 23.5 Å². The van der Waals surface area contributed by atoms with Crippen LogP contribution in [0.4, 0.5) is 0 Å². The van der Waals surface area contributed by atoms with E-state index in [9.17, 15) is 4.79 Å². The highest BCUT2D eigenvalue weighted by atomic mass is 32.2. The highest BCUT2D eigenvalue weighted by molar-refractivity contribution is 7.98. The molecule has 3 rings (SSSR count). The molecule has 1 aromatic carbocycles. The molecule has 1 aromatic rings. The molecule has 0 aromatic heterocycles. The van der Waals surface area contributed by atoms with Crippen molar-refractivity contribution in [3.63, 3.8) is 0 Å². The number of hydrogen-bond acceptors (Lipinski definition) is 4. The predicted octanol–water partition coefficient (Wildman–Crippen LogP) is 1.54. The van der Waals surface area contributed by atoms with Gasteiger partial charge in [-0.3, -0.25) is 10.1 Å². The average Bonchev–Trinajstić information content (AvgIpc) is 3.05. The number of amides is 1. The summed E-state index contributed by atoms with van der Waals surface area (Å²) in [4.78, 5) is 17.8. The van der Waals surface area contributed by atoms with Crippen molar-refractivity contribution in [2.24, 2.45) is 0 Å². The monoisotopic (exact) mass is 291 g/mol. The van der Waals surface area contributed by atoms with Gasteiger partial charge in [0.05, 0.1) is 6.54 Å². The van der Waals surface area contributed by atoms with Crippen LogP contribution in [-0.4, -0.2) is 54.7 Å². The molecule has 2 fully saturated rings. The zero-order valence-electron chi connectivity index (χ0n) is 12.0. The van der Waals surface area contributed by atoms with Gasteiger partial charge in [-0.15, -0.1) is 11.8 Å². The van der Waals surface area contributed by atoms with Gasteiger partial charge in [-0.05, 0) is 44.0 Å². The molecule has 2 unspecified atom stereocenters. The molecule has 1 N–H and O–H groups in total. The number of likely N-dealkylation sites (N-methyl/N-ethyl adjacent to an activating group) is 1. The molecule has 108 valence electrons. The minimum atomic E-state index is 0.0370. The number of likely N-dealkylation sites (tertiary alicyclic amines) is 1. The number of nitrogens with one attached hydrogen (secondary N) is 1. The van der Waals surface area contributed by atoms with Gasteiger partial charge in [0, 0.05) is 17.5 Å². The van der Waals surface area contributed by atoms with Crippen LogP contribution in [0, 0.1) is 0 Å². The van der Waals surface area contributed by atoms with E-state index in [4.69, 9.17) is 0 Å². The van der Waals surface area contributed by atoms with Crippen molar-refractivity contribution >= 4 is 17.7 Å². The molecular formula is C15H21N3OS. The Morgan fingerprint density at radius 3 is 2.65 bits per heavy atom. The zero-order valence-corrected chi connectivity index (χ0v) is 12.8. The first-order chi connectivity index (χ1) is 9.69. The third-order valence-electron chi connectivity index (χ3n) is 4.20. The van der Waals surface area contributed by atoms with E-state index in [1.165, 1.54) is 10.5 Å². The molecule has 2 heterocycles. The summed E-state index contributed by atoms with van der Waals surface area (Å²) in [5.41, 5.74) is 1.18. The van der Waals surface area contributed by atoms with Crippen molar-refractivity contribution in [2.75, 3.05) is 32.9 Å². The van der Waals surface area contributed by atoms with Gasteiger partial charge in [0.1, 0.15) is 6.17 Å². The summed E-state index contributed by atoms with van der Waals surface area (Å²) in [6.45, 7) is 2.51. The summed E-state index contributed by atoms with van der Waals surface area (Å²) in [5.74, 6) is 0.226. The van der Waals surface area contributed by atoms with Crippen molar-refractivity contribution in [3.8, 4) is 0 Å². The van der Waals surface area contributed by atoms with Gasteiger partial charge in [-0.25, -0.2) is 0 Å². The summed E-state index contributed by atoms with van der Waals surface area (Å²) in [7, 11) is 2.12. The number of benzene rings is 1. The van der Waals surface area contributed by atoms with Crippen molar-refractivity contribution in [3.05, 3.63) is 29.8 Å². The Hall–Kier alpha value is -1.04. The van der Waals surface area contributed by atoms with Crippen LogP contribution < -0.4 is 5.32 Å². The first kappa shape index (κ1) is 13.9. The molecule has 0 bridgehead atoms. The smallest absolute Gasteiger partial charge is 0.238 e. The Balaban J connectivity index is 1.81. The Kier molecular flexibility index (Phi) is 4.01. The van der Waals surface area contributed by atoms with Gasteiger partial charge in [0.25, 0.3) is 0 Å². The van der Waals surface area contributed by atoms with Gasteiger partial charge in [0.2, 0.25) is 5.91 Å². The lowest BCUT2D eigenvalue weighted by atomic mass is 10.1. The van der Waals surface area contributed by atoms with E-state index in [0.717, 1.165) is 19.5 Å². The number of thioether (sulfide) groups is 1. The lowest BCUT2D eigenvalue weighted by Gasteiger charge is -2.30. The third kappa shape index (κ3) is 2.57. The van der Waals surface area contributed by atoms with Crippen LogP contribution >= 0.6 is 11.8 Å². The highest BCUT2D eigenvalue weighted by Gasteiger charge is 2.38. The summed E-state index contributed by atoms with van der Waals surface area (Å²) in [6, 6.07) is 8.86. The third-order valence-corrected chi connectivity index (χ3v) is 4.95. The van der Waals surface area contributed by atoms with E-state index in [-0.39, 0.29) is 12.1 Å². The summed E-state index contributed by atoms with van der Waals surface area (Å²) in [5, 5.41) is 3.35. The molecule has 2 atom stereocenters. The van der Waals surface area contributed by atoms with Crippen LogP contribution in [0.25, 0.3) is 0 Å². The van der Waals surface area contributed by atoms with Crippen LogP contribution in [0.2, 0.25) is 0 Å². The first-order valence-corrected chi connectivity index (χ1v) is 8.28. The Morgan fingerprint density at radius 2 is 2.05 bits per heavy atom. The van der Waals surface area contributed by atoms with Crippen LogP contribution in [0.5, 0.6) is 0 Å². The van der Waals surface area contributed by atoms with E-state index in [1.807, 2.05) is 0 Å². The van der Waals surface area contributed by atoms with E-state index in [2.05, 4.69) is 52.7 Å². The highest BCUT2D eigenvalue weighted by Crippen LogP contribution is 2.29. The fourth-order valence-electron chi connectivity index (χ4n) is 3.14. The fourth-order valence-corrected chi connectivity index (χ4v) is 3.54. The second-order valence-corrected chi connectivity index (χ2v) is 6.44. The van der Waals surface area contributed by atoms with E-state index < -0.39 is 0 Å². The van der Waals surface area contributed by atoms with Crippen molar-refractivity contribution in [1.82, 2.24) is 15.1 Å². The van der Waals surface area contributed by atoms with E-state index >= 15 is 0 Å². The van der Waals surface area contributed by atoms with Gasteiger partial charge >= 0.3 is 0 Å². The van der Waals surface area contributed by atoms with E-state index in [1.54, 1.807) is 11.8 Å². The Morgan fingerprint density at radius 1 is 1.30 bits per heavy atom. The maximum atomic E-state index is 12.2. The lowest BCUT2D eigenvalue weighted by molar-refractivity contribution is -0.130. The molecule has 0 radical (unpaired) electrons. The normalized spacial score (nSPS) is 27.5. The molecule has 2 aliphatic heterocycles. The minimum absolute atomic E-state index is 0.0370. The SMILES string of the molecule is CSc1ccc(C2NCC(=O)N2C2CCN(C)C2)cc1. The largest absolute Gasteiger partial charge is 0.317 e. The van der Waals surface area contributed by atoms with Crippen molar-refractivity contribution in [1.29, 1.82) is 0 Å². The molecule has 20 heavy (non-hydrogen) atoms. The van der Waals surface area contributed by atoms with Crippen LogP contribution in [0.3, 0.4) is 0 Å². The van der Waals surface area contributed by atoms with Crippen LogP contribution in [0.15, 0.2) is 29.2 Å². The quantitative estimate of drug-likeness (QED) is 0.857. The second-order valence-electron chi connectivity index (χ2n) is 5.56. The zero-order chi connectivity index (χ0) is 14.1. The van der Waals surface area contributed by atoms with Gasteiger partial charge < -0.3 is 9.80 Å². The van der Waals surface area contributed by atoms with Crippen LogP contribution in [-0.2, 0) is 4.79 Å². The lowest BCUT2D eigenvalue weighted by Crippen LogP contribution is -2.41. The van der Waals surface area contributed by atoms with Gasteiger partial charge in [-0.2, -0.15) is 0 Å². The number of nitrogens with zero attached hydrogens (tertiary/aromatic N) is 2. The summed E-state index contributed by atoms with van der Waals surface area (Å²) in [6.07, 6.45) is 3.19. The van der Waals surface area contributed by atoms with Gasteiger partial charge in [0.15, 0.2) is 0 Å². The summed E-state index contributed by atoms with van der Waals surface area (Å²) < 4.78 is 0. The molecular weight excluding hydrogens is 270 g/mol. The number of rotatable bonds is 3. The maximum absolute atomic E-state index is 12.2. The minimum Gasteiger partial charge on any atom is -0.317 e. The number of carbonyl (C=O) groups is 1. The van der Waals surface area contributed by atoms with Crippen LogP contribution in [0.1, 0.15) is 18.2 Å².